The number of rotatable bonds is 5. The van der Waals surface area contributed by atoms with Gasteiger partial charge in [0.25, 0.3) is 0 Å². The van der Waals surface area contributed by atoms with Crippen molar-refractivity contribution in [3.63, 3.8) is 0 Å². The Morgan fingerprint density at radius 3 is 2.56 bits per heavy atom. The molecule has 2 N–H and O–H groups in total. The second-order valence-corrected chi connectivity index (χ2v) is 6.90. The van der Waals surface area contributed by atoms with E-state index in [1.165, 1.54) is 11.3 Å². The summed E-state index contributed by atoms with van der Waals surface area (Å²) in [7, 11) is 0. The Hall–Kier alpha value is -1.50. The predicted molar refractivity (Wildman–Crippen MR) is 113 cm³/mol. The van der Waals surface area contributed by atoms with Crippen molar-refractivity contribution in [3.05, 3.63) is 29.8 Å². The van der Waals surface area contributed by atoms with E-state index in [0.29, 0.717) is 13.0 Å². The molecule has 0 radical (unpaired) electrons. The Kier molecular flexibility index (Phi) is 9.91. The molecule has 1 unspecified atom stereocenters. The fraction of sp³-hybridized carbons (Fsp3) is 0.579. The molecule has 1 aromatic carbocycles. The molecule has 0 saturated carbocycles. The van der Waals surface area contributed by atoms with E-state index in [-0.39, 0.29) is 42.7 Å². The van der Waals surface area contributed by atoms with E-state index in [0.717, 1.165) is 45.6 Å². The molecule has 0 aromatic heterocycles. The van der Waals surface area contributed by atoms with Gasteiger partial charge < -0.3 is 20.4 Å². The maximum atomic E-state index is 12.3. The quantitative estimate of drug-likeness (QED) is 0.766. The first-order chi connectivity index (χ1) is 12.1. The molecule has 0 aliphatic carbocycles. The zero-order valence-electron chi connectivity index (χ0n) is 15.8. The molecule has 8 heteroatoms. The molecular formula is C19H30Cl2N4O2. The van der Waals surface area contributed by atoms with Gasteiger partial charge in [0, 0.05) is 44.8 Å². The Labute approximate surface area is 173 Å². The van der Waals surface area contributed by atoms with Gasteiger partial charge in [-0.05, 0) is 44.0 Å². The summed E-state index contributed by atoms with van der Waals surface area (Å²) in [4.78, 5) is 28.5. The lowest BCUT2D eigenvalue weighted by molar-refractivity contribution is -0.131. The van der Waals surface area contributed by atoms with Crippen LogP contribution in [0.2, 0.25) is 0 Å². The van der Waals surface area contributed by atoms with Crippen molar-refractivity contribution in [3.8, 4) is 0 Å². The lowest BCUT2D eigenvalue weighted by Crippen LogP contribution is -2.49. The van der Waals surface area contributed by atoms with E-state index >= 15 is 0 Å². The molecule has 1 aromatic rings. The average Bonchev–Trinajstić information content (AvgIpc) is 3.16. The van der Waals surface area contributed by atoms with Crippen molar-refractivity contribution in [1.29, 1.82) is 0 Å². The summed E-state index contributed by atoms with van der Waals surface area (Å²) < 4.78 is 0. The van der Waals surface area contributed by atoms with Crippen molar-refractivity contribution < 1.29 is 9.59 Å². The number of aryl methyl sites for hydroxylation is 1. The van der Waals surface area contributed by atoms with Crippen molar-refractivity contribution in [2.45, 2.75) is 32.2 Å². The SMILES string of the molecule is Cc1cccc(N2CCN(C(=O)CCNC(=O)C3CCCN3)CC2)c1.Cl.Cl. The second kappa shape index (κ2) is 11.4. The zero-order chi connectivity index (χ0) is 17.6. The lowest BCUT2D eigenvalue weighted by Gasteiger charge is -2.36. The van der Waals surface area contributed by atoms with Crippen LogP contribution in [-0.2, 0) is 9.59 Å². The highest BCUT2D eigenvalue weighted by Crippen LogP contribution is 2.18. The number of nitrogens with one attached hydrogen (secondary N) is 2. The lowest BCUT2D eigenvalue weighted by atomic mass is 10.2. The van der Waals surface area contributed by atoms with E-state index in [9.17, 15) is 9.59 Å². The van der Waals surface area contributed by atoms with Crippen LogP contribution in [-0.4, -0.2) is 62.0 Å². The third-order valence-corrected chi connectivity index (χ3v) is 5.01. The largest absolute Gasteiger partial charge is 0.368 e. The van der Waals surface area contributed by atoms with Crippen LogP contribution in [0.3, 0.4) is 0 Å². The number of amides is 2. The van der Waals surface area contributed by atoms with E-state index in [2.05, 4.69) is 46.7 Å². The minimum Gasteiger partial charge on any atom is -0.368 e. The van der Waals surface area contributed by atoms with Gasteiger partial charge in [-0.1, -0.05) is 12.1 Å². The van der Waals surface area contributed by atoms with Gasteiger partial charge in [-0.3, -0.25) is 9.59 Å². The minimum absolute atomic E-state index is 0. The van der Waals surface area contributed by atoms with Crippen LogP contribution in [0, 0.1) is 6.92 Å². The molecule has 27 heavy (non-hydrogen) atoms. The third kappa shape index (κ3) is 6.55. The van der Waals surface area contributed by atoms with E-state index in [4.69, 9.17) is 0 Å². The molecular weight excluding hydrogens is 387 g/mol. The number of halogens is 2. The highest BCUT2D eigenvalue weighted by atomic mass is 35.5. The topological polar surface area (TPSA) is 64.7 Å². The van der Waals surface area contributed by atoms with E-state index in [1.807, 2.05) is 4.90 Å². The van der Waals surface area contributed by atoms with Crippen molar-refractivity contribution >= 4 is 42.3 Å². The summed E-state index contributed by atoms with van der Waals surface area (Å²) in [6, 6.07) is 8.40. The predicted octanol–water partition coefficient (Wildman–Crippen LogP) is 1.75. The molecule has 2 heterocycles. The first kappa shape index (κ1) is 23.5. The van der Waals surface area contributed by atoms with Crippen LogP contribution in [0.4, 0.5) is 5.69 Å². The summed E-state index contributed by atoms with van der Waals surface area (Å²) in [6.45, 7) is 6.62. The van der Waals surface area contributed by atoms with Crippen LogP contribution in [0.25, 0.3) is 0 Å². The maximum absolute atomic E-state index is 12.3. The Balaban J connectivity index is 0.00000182. The molecule has 2 fully saturated rings. The van der Waals surface area contributed by atoms with Crippen molar-refractivity contribution in [1.82, 2.24) is 15.5 Å². The number of piperazine rings is 1. The number of hydrogen-bond acceptors (Lipinski definition) is 4. The normalized spacial score (nSPS) is 19.1. The molecule has 2 amide bonds. The zero-order valence-corrected chi connectivity index (χ0v) is 17.4. The minimum atomic E-state index is -0.0759. The van der Waals surface area contributed by atoms with Gasteiger partial charge in [-0.25, -0.2) is 0 Å². The fourth-order valence-corrected chi connectivity index (χ4v) is 3.52. The number of benzene rings is 1. The second-order valence-electron chi connectivity index (χ2n) is 6.90. The third-order valence-electron chi connectivity index (χ3n) is 5.01. The molecule has 2 aliphatic heterocycles. The molecule has 2 aliphatic rings. The highest BCUT2D eigenvalue weighted by molar-refractivity contribution is 5.85. The van der Waals surface area contributed by atoms with Gasteiger partial charge in [0.1, 0.15) is 0 Å². The van der Waals surface area contributed by atoms with Gasteiger partial charge >= 0.3 is 0 Å². The Morgan fingerprint density at radius 2 is 1.93 bits per heavy atom. The van der Waals surface area contributed by atoms with Crippen LogP contribution in [0.5, 0.6) is 0 Å². The number of anilines is 1. The number of nitrogens with zero attached hydrogens (tertiary/aromatic N) is 2. The molecule has 3 rings (SSSR count). The Morgan fingerprint density at radius 1 is 1.19 bits per heavy atom. The van der Waals surface area contributed by atoms with Crippen LogP contribution >= 0.6 is 24.8 Å². The fourth-order valence-electron chi connectivity index (χ4n) is 3.52. The number of hydrogen-bond donors (Lipinski definition) is 2. The maximum Gasteiger partial charge on any atom is 0.237 e. The first-order valence-corrected chi connectivity index (χ1v) is 9.24. The summed E-state index contributed by atoms with van der Waals surface area (Å²) >= 11 is 0. The van der Waals surface area contributed by atoms with Gasteiger partial charge in [-0.2, -0.15) is 0 Å². The standard InChI is InChI=1S/C19H28N4O2.2ClH/c1-15-4-2-5-16(14-15)22-10-12-23(13-11-22)18(24)7-9-21-19(25)17-6-3-8-20-17;;/h2,4-5,14,17,20H,3,6-13H2,1H3,(H,21,25);2*1H. The van der Waals surface area contributed by atoms with E-state index in [1.54, 1.807) is 0 Å². The highest BCUT2D eigenvalue weighted by Gasteiger charge is 2.23. The van der Waals surface area contributed by atoms with Gasteiger partial charge in [0.05, 0.1) is 6.04 Å². The monoisotopic (exact) mass is 416 g/mol. The van der Waals surface area contributed by atoms with Crippen LogP contribution < -0.4 is 15.5 Å². The van der Waals surface area contributed by atoms with E-state index < -0.39 is 0 Å². The van der Waals surface area contributed by atoms with Crippen molar-refractivity contribution in [2.24, 2.45) is 0 Å². The average molecular weight is 417 g/mol. The summed E-state index contributed by atoms with van der Waals surface area (Å²) in [5, 5.41) is 6.05. The molecule has 2 saturated heterocycles. The first-order valence-electron chi connectivity index (χ1n) is 9.24. The molecule has 0 bridgehead atoms. The molecule has 1 atom stereocenters. The van der Waals surface area contributed by atoms with Gasteiger partial charge in [-0.15, -0.1) is 24.8 Å². The number of carbonyl (C=O) groups is 2. The summed E-state index contributed by atoms with van der Waals surface area (Å²) in [6.07, 6.45) is 2.31. The van der Waals surface area contributed by atoms with Crippen LogP contribution in [0.15, 0.2) is 24.3 Å². The Bertz CT molecular complexity index is 615. The summed E-state index contributed by atoms with van der Waals surface area (Å²) in [5.74, 6) is 0.151. The van der Waals surface area contributed by atoms with Crippen molar-refractivity contribution in [2.75, 3.05) is 44.2 Å². The molecule has 0 spiro atoms. The molecule has 152 valence electrons. The van der Waals surface area contributed by atoms with Crippen LogP contribution in [0.1, 0.15) is 24.8 Å². The smallest absolute Gasteiger partial charge is 0.237 e. The summed E-state index contributed by atoms with van der Waals surface area (Å²) in [5.41, 5.74) is 2.48. The number of carbonyl (C=O) groups excluding carboxylic acids is 2. The van der Waals surface area contributed by atoms with Gasteiger partial charge in [0.15, 0.2) is 0 Å². The molecule has 6 nitrogen and oxygen atoms in total. The van der Waals surface area contributed by atoms with Gasteiger partial charge in [0.2, 0.25) is 11.8 Å².